The average molecular weight is 165 g/mol. The molecule has 0 aliphatic heterocycles. The lowest BCUT2D eigenvalue weighted by atomic mass is 10.1. The molecule has 1 aromatic heterocycles. The van der Waals surface area contributed by atoms with E-state index in [1.54, 1.807) is 0 Å². The minimum atomic E-state index is 0.909. The molecule has 1 rings (SSSR count). The van der Waals surface area contributed by atoms with Gasteiger partial charge in [0.05, 0.1) is 11.4 Å². The molecule has 0 aliphatic carbocycles. The molecule has 0 aliphatic rings. The SMILES string of the molecule is CCc1c(C)nn(N=C=O)c1C. The third-order valence-electron chi connectivity index (χ3n) is 1.91. The van der Waals surface area contributed by atoms with E-state index in [-0.39, 0.29) is 0 Å². The predicted octanol–water partition coefficient (Wildman–Crippen LogP) is 1.16. The Labute approximate surface area is 70.9 Å². The zero-order chi connectivity index (χ0) is 9.14. The Hall–Kier alpha value is -1.41. The van der Waals surface area contributed by atoms with E-state index in [4.69, 9.17) is 0 Å². The lowest BCUT2D eigenvalue weighted by Crippen LogP contribution is -1.93. The van der Waals surface area contributed by atoms with Crippen LogP contribution < -0.4 is 0 Å². The summed E-state index contributed by atoms with van der Waals surface area (Å²) in [6.45, 7) is 5.84. The Morgan fingerprint density at radius 1 is 1.58 bits per heavy atom. The summed E-state index contributed by atoms with van der Waals surface area (Å²) in [6.07, 6.45) is 2.37. The molecule has 12 heavy (non-hydrogen) atoms. The number of rotatable bonds is 2. The van der Waals surface area contributed by atoms with Gasteiger partial charge in [-0.25, -0.2) is 4.79 Å². The van der Waals surface area contributed by atoms with Gasteiger partial charge in [0.2, 0.25) is 0 Å². The Bertz CT molecular complexity index is 334. The second-order valence-corrected chi connectivity index (χ2v) is 2.58. The summed E-state index contributed by atoms with van der Waals surface area (Å²) < 4.78 is 0. The fourth-order valence-corrected chi connectivity index (χ4v) is 1.31. The molecule has 64 valence electrons. The van der Waals surface area contributed by atoms with E-state index in [0.717, 1.165) is 23.4 Å². The number of hydrogen-bond acceptors (Lipinski definition) is 3. The Kier molecular flexibility index (Phi) is 2.41. The van der Waals surface area contributed by atoms with Crippen molar-refractivity contribution in [1.29, 1.82) is 0 Å². The van der Waals surface area contributed by atoms with E-state index in [2.05, 4.69) is 10.2 Å². The molecule has 0 spiro atoms. The first kappa shape index (κ1) is 8.68. The van der Waals surface area contributed by atoms with Gasteiger partial charge in [-0.1, -0.05) is 12.0 Å². The zero-order valence-corrected chi connectivity index (χ0v) is 7.46. The quantitative estimate of drug-likeness (QED) is 0.487. The number of nitrogens with zero attached hydrogens (tertiary/aromatic N) is 3. The molecule has 1 heterocycles. The van der Waals surface area contributed by atoms with Crippen molar-refractivity contribution in [3.63, 3.8) is 0 Å². The molecule has 4 nitrogen and oxygen atoms in total. The summed E-state index contributed by atoms with van der Waals surface area (Å²) in [4.78, 5) is 11.3. The van der Waals surface area contributed by atoms with Crippen molar-refractivity contribution in [2.75, 3.05) is 0 Å². The van der Waals surface area contributed by atoms with Crippen LogP contribution in [-0.2, 0) is 11.2 Å². The van der Waals surface area contributed by atoms with Gasteiger partial charge in [0, 0.05) is 0 Å². The van der Waals surface area contributed by atoms with Crippen LogP contribution in [0.25, 0.3) is 0 Å². The second-order valence-electron chi connectivity index (χ2n) is 2.58. The molecule has 0 amide bonds. The van der Waals surface area contributed by atoms with E-state index in [0.29, 0.717) is 0 Å². The maximum absolute atomic E-state index is 9.98. The highest BCUT2D eigenvalue weighted by Crippen LogP contribution is 2.12. The molecule has 0 atom stereocenters. The number of aryl methyl sites for hydroxylation is 1. The first-order chi connectivity index (χ1) is 5.70. The molecule has 0 N–H and O–H groups in total. The monoisotopic (exact) mass is 165 g/mol. The molecular weight excluding hydrogens is 154 g/mol. The van der Waals surface area contributed by atoms with Crippen LogP contribution in [0.2, 0.25) is 0 Å². The number of isocyanates is 1. The lowest BCUT2D eigenvalue weighted by Gasteiger charge is -1.93. The van der Waals surface area contributed by atoms with E-state index in [1.165, 1.54) is 10.9 Å². The predicted molar refractivity (Wildman–Crippen MR) is 44.6 cm³/mol. The highest BCUT2D eigenvalue weighted by molar-refractivity contribution is 5.34. The molecule has 0 saturated carbocycles. The third-order valence-corrected chi connectivity index (χ3v) is 1.91. The van der Waals surface area contributed by atoms with Gasteiger partial charge in [-0.3, -0.25) is 0 Å². The minimum Gasteiger partial charge on any atom is -0.209 e. The van der Waals surface area contributed by atoms with Gasteiger partial charge in [-0.15, -0.1) is 4.79 Å². The van der Waals surface area contributed by atoms with Gasteiger partial charge >= 0.3 is 0 Å². The number of aromatic nitrogens is 2. The molecular formula is C8H11N3O. The molecule has 0 unspecified atom stereocenters. The van der Waals surface area contributed by atoms with Gasteiger partial charge in [-0.05, 0) is 25.8 Å². The molecule has 0 aromatic carbocycles. The zero-order valence-electron chi connectivity index (χ0n) is 7.46. The van der Waals surface area contributed by atoms with Crippen molar-refractivity contribution in [2.24, 2.45) is 5.10 Å². The molecule has 0 fully saturated rings. The standard InChI is InChI=1S/C8H11N3O/c1-4-8-6(2)10-11(7(8)3)9-5-12/h4H2,1-3H3. The Balaban J connectivity index is 3.25. The van der Waals surface area contributed by atoms with Crippen LogP contribution in [0.4, 0.5) is 0 Å². The lowest BCUT2D eigenvalue weighted by molar-refractivity contribution is 0.554. The van der Waals surface area contributed by atoms with Crippen LogP contribution in [-0.4, -0.2) is 16.0 Å². The summed E-state index contributed by atoms with van der Waals surface area (Å²) in [5.41, 5.74) is 2.99. The first-order valence-electron chi connectivity index (χ1n) is 3.84. The summed E-state index contributed by atoms with van der Waals surface area (Å²) in [6, 6.07) is 0. The van der Waals surface area contributed by atoms with Crippen molar-refractivity contribution >= 4 is 6.08 Å². The van der Waals surface area contributed by atoms with Gasteiger partial charge in [0.1, 0.15) is 0 Å². The van der Waals surface area contributed by atoms with E-state index in [1.807, 2.05) is 20.8 Å². The van der Waals surface area contributed by atoms with Crippen molar-refractivity contribution in [2.45, 2.75) is 27.2 Å². The van der Waals surface area contributed by atoms with Gasteiger partial charge in [-0.2, -0.15) is 5.10 Å². The van der Waals surface area contributed by atoms with Crippen molar-refractivity contribution in [1.82, 2.24) is 9.89 Å². The topological polar surface area (TPSA) is 47.2 Å². The second kappa shape index (κ2) is 3.32. The van der Waals surface area contributed by atoms with Crippen molar-refractivity contribution < 1.29 is 4.79 Å². The summed E-state index contributed by atoms with van der Waals surface area (Å²) in [5, 5.41) is 7.49. The third kappa shape index (κ3) is 1.29. The molecule has 4 heteroatoms. The maximum Gasteiger partial charge on any atom is 0.260 e. The van der Waals surface area contributed by atoms with Crippen LogP contribution in [0, 0.1) is 13.8 Å². The molecule has 1 aromatic rings. The van der Waals surface area contributed by atoms with Crippen LogP contribution in [0.3, 0.4) is 0 Å². The van der Waals surface area contributed by atoms with Crippen molar-refractivity contribution in [3.05, 3.63) is 17.0 Å². The fraction of sp³-hybridized carbons (Fsp3) is 0.500. The van der Waals surface area contributed by atoms with Crippen LogP contribution in [0.1, 0.15) is 23.9 Å². The Morgan fingerprint density at radius 2 is 2.25 bits per heavy atom. The average Bonchev–Trinajstić information content (AvgIpc) is 2.29. The molecule has 0 bridgehead atoms. The molecule has 0 radical (unpaired) electrons. The van der Waals surface area contributed by atoms with E-state index < -0.39 is 0 Å². The molecule has 0 saturated heterocycles. The summed E-state index contributed by atoms with van der Waals surface area (Å²) in [7, 11) is 0. The summed E-state index contributed by atoms with van der Waals surface area (Å²) >= 11 is 0. The van der Waals surface area contributed by atoms with Gasteiger partial charge in [0.25, 0.3) is 6.08 Å². The Morgan fingerprint density at radius 3 is 2.67 bits per heavy atom. The highest BCUT2D eigenvalue weighted by atomic mass is 16.1. The van der Waals surface area contributed by atoms with Crippen LogP contribution in [0.5, 0.6) is 0 Å². The van der Waals surface area contributed by atoms with Gasteiger partial charge in [0.15, 0.2) is 0 Å². The van der Waals surface area contributed by atoms with Crippen LogP contribution >= 0.6 is 0 Å². The van der Waals surface area contributed by atoms with Gasteiger partial charge < -0.3 is 0 Å². The summed E-state index contributed by atoms with van der Waals surface area (Å²) in [5.74, 6) is 0. The van der Waals surface area contributed by atoms with E-state index in [9.17, 15) is 4.79 Å². The maximum atomic E-state index is 9.98. The smallest absolute Gasteiger partial charge is 0.209 e. The number of carbonyl (C=O) groups excluding carboxylic acids is 1. The van der Waals surface area contributed by atoms with Crippen molar-refractivity contribution in [3.8, 4) is 0 Å². The minimum absolute atomic E-state index is 0.909. The number of hydrogen-bond donors (Lipinski definition) is 0. The first-order valence-corrected chi connectivity index (χ1v) is 3.84. The normalized spacial score (nSPS) is 9.58. The largest absolute Gasteiger partial charge is 0.260 e. The highest BCUT2D eigenvalue weighted by Gasteiger charge is 2.08. The fourth-order valence-electron chi connectivity index (χ4n) is 1.31. The van der Waals surface area contributed by atoms with E-state index >= 15 is 0 Å². The van der Waals surface area contributed by atoms with Crippen LogP contribution in [0.15, 0.2) is 5.10 Å².